The molecular weight excluding hydrogens is 324 g/mol. The second-order valence-corrected chi connectivity index (χ2v) is 7.52. The molecule has 1 atom stereocenters. The number of nitrogens with zero attached hydrogens (tertiary/aromatic N) is 1. The minimum Gasteiger partial charge on any atom is -0.313 e. The molecule has 118 valence electrons. The number of halogens is 1. The van der Waals surface area contributed by atoms with Gasteiger partial charge in [0, 0.05) is 10.5 Å². The molecule has 21 heavy (non-hydrogen) atoms. The van der Waals surface area contributed by atoms with Gasteiger partial charge in [-0.15, -0.1) is 0 Å². The number of hydrogen-bond acceptors (Lipinski definition) is 2. The van der Waals surface area contributed by atoms with E-state index >= 15 is 0 Å². The Kier molecular flexibility index (Phi) is 6.72. The van der Waals surface area contributed by atoms with Crippen LogP contribution in [0.4, 0.5) is 0 Å². The zero-order valence-corrected chi connectivity index (χ0v) is 15.2. The van der Waals surface area contributed by atoms with Gasteiger partial charge in [0.1, 0.15) is 0 Å². The first-order valence-electron chi connectivity index (χ1n) is 8.25. The van der Waals surface area contributed by atoms with Gasteiger partial charge < -0.3 is 10.2 Å². The predicted molar refractivity (Wildman–Crippen MR) is 94.6 cm³/mol. The Morgan fingerprint density at radius 1 is 1.19 bits per heavy atom. The van der Waals surface area contributed by atoms with Gasteiger partial charge in [-0.1, -0.05) is 41.9 Å². The molecule has 2 rings (SSSR count). The second-order valence-electron chi connectivity index (χ2n) is 6.60. The van der Waals surface area contributed by atoms with Crippen molar-refractivity contribution >= 4 is 15.9 Å². The number of rotatable bonds is 6. The summed E-state index contributed by atoms with van der Waals surface area (Å²) in [5, 5.41) is 3.46. The van der Waals surface area contributed by atoms with E-state index in [2.05, 4.69) is 71.3 Å². The summed E-state index contributed by atoms with van der Waals surface area (Å²) < 4.78 is 1.15. The normalized spacial score (nSPS) is 19.1. The molecule has 3 heteroatoms. The number of piperidine rings is 1. The standard InChI is InChI=1S/C18H29BrN2/c1-14(2)15-8-11-21(12-9-15)13-10-18(20-3)16-4-6-17(19)7-5-16/h4-7,14-15,18,20H,8-13H2,1-3H3. The summed E-state index contributed by atoms with van der Waals surface area (Å²) in [7, 11) is 2.07. The maximum atomic E-state index is 3.51. The fourth-order valence-corrected chi connectivity index (χ4v) is 3.59. The summed E-state index contributed by atoms with van der Waals surface area (Å²) in [4.78, 5) is 2.64. The van der Waals surface area contributed by atoms with Gasteiger partial charge in [0.05, 0.1) is 0 Å². The lowest BCUT2D eigenvalue weighted by molar-refractivity contribution is 0.153. The van der Waals surface area contributed by atoms with Crippen LogP contribution >= 0.6 is 15.9 Å². The van der Waals surface area contributed by atoms with E-state index in [-0.39, 0.29) is 0 Å². The van der Waals surface area contributed by atoms with Crippen LogP contribution in [0.25, 0.3) is 0 Å². The van der Waals surface area contributed by atoms with Gasteiger partial charge in [-0.05, 0) is 75.5 Å². The zero-order chi connectivity index (χ0) is 15.2. The summed E-state index contributed by atoms with van der Waals surface area (Å²) in [6, 6.07) is 9.16. The fraction of sp³-hybridized carbons (Fsp3) is 0.667. The van der Waals surface area contributed by atoms with Crippen molar-refractivity contribution in [3.63, 3.8) is 0 Å². The summed E-state index contributed by atoms with van der Waals surface area (Å²) in [6.07, 6.45) is 3.94. The molecule has 1 heterocycles. The molecule has 0 bridgehead atoms. The minimum absolute atomic E-state index is 0.459. The molecule has 0 aromatic heterocycles. The Morgan fingerprint density at radius 3 is 2.33 bits per heavy atom. The Balaban J connectivity index is 1.80. The quantitative estimate of drug-likeness (QED) is 0.812. The Morgan fingerprint density at radius 2 is 1.81 bits per heavy atom. The number of benzene rings is 1. The average Bonchev–Trinajstić information content (AvgIpc) is 2.50. The Labute approximate surface area is 138 Å². The van der Waals surface area contributed by atoms with Crippen LogP contribution in [0.3, 0.4) is 0 Å². The fourth-order valence-electron chi connectivity index (χ4n) is 3.33. The molecule has 1 N–H and O–H groups in total. The SMILES string of the molecule is CNC(CCN1CCC(C(C)C)CC1)c1ccc(Br)cc1. The van der Waals surface area contributed by atoms with Crippen LogP contribution in [0.5, 0.6) is 0 Å². The van der Waals surface area contributed by atoms with Crippen molar-refractivity contribution in [2.24, 2.45) is 11.8 Å². The van der Waals surface area contributed by atoms with Crippen molar-refractivity contribution in [3.8, 4) is 0 Å². The van der Waals surface area contributed by atoms with E-state index in [9.17, 15) is 0 Å². The Bertz CT molecular complexity index is 408. The molecule has 0 spiro atoms. The maximum Gasteiger partial charge on any atom is 0.0329 e. The number of likely N-dealkylation sites (tertiary alicyclic amines) is 1. The number of nitrogens with one attached hydrogen (secondary N) is 1. The third-order valence-electron chi connectivity index (χ3n) is 4.93. The lowest BCUT2D eigenvalue weighted by atomic mass is 9.86. The second kappa shape index (κ2) is 8.30. The molecular formula is C18H29BrN2. The Hall–Kier alpha value is -0.380. The van der Waals surface area contributed by atoms with Crippen LogP contribution in [-0.2, 0) is 0 Å². The maximum absolute atomic E-state index is 3.51. The van der Waals surface area contributed by atoms with Gasteiger partial charge >= 0.3 is 0 Å². The van der Waals surface area contributed by atoms with Crippen LogP contribution in [0.15, 0.2) is 28.7 Å². The van der Waals surface area contributed by atoms with Crippen LogP contribution in [0, 0.1) is 11.8 Å². The molecule has 1 aromatic carbocycles. The van der Waals surface area contributed by atoms with Gasteiger partial charge in [-0.3, -0.25) is 0 Å². The monoisotopic (exact) mass is 352 g/mol. The first-order valence-corrected chi connectivity index (χ1v) is 9.04. The van der Waals surface area contributed by atoms with Gasteiger partial charge in [-0.2, -0.15) is 0 Å². The van der Waals surface area contributed by atoms with Crippen LogP contribution in [-0.4, -0.2) is 31.6 Å². The minimum atomic E-state index is 0.459. The van der Waals surface area contributed by atoms with Crippen LogP contribution < -0.4 is 5.32 Å². The van der Waals surface area contributed by atoms with Crippen molar-refractivity contribution in [1.29, 1.82) is 0 Å². The molecule has 2 nitrogen and oxygen atoms in total. The molecule has 0 aliphatic carbocycles. The highest BCUT2D eigenvalue weighted by Gasteiger charge is 2.22. The summed E-state index contributed by atoms with van der Waals surface area (Å²) >= 11 is 3.51. The molecule has 0 amide bonds. The third-order valence-corrected chi connectivity index (χ3v) is 5.46. The predicted octanol–water partition coefficient (Wildman–Crippen LogP) is 4.47. The van der Waals surface area contributed by atoms with E-state index < -0.39 is 0 Å². The van der Waals surface area contributed by atoms with E-state index in [0.717, 1.165) is 16.3 Å². The first kappa shape index (κ1) is 17.0. The van der Waals surface area contributed by atoms with Gasteiger partial charge in [0.2, 0.25) is 0 Å². The molecule has 1 aliphatic rings. The van der Waals surface area contributed by atoms with Crippen LogP contribution in [0.2, 0.25) is 0 Å². The first-order chi connectivity index (χ1) is 10.1. The van der Waals surface area contributed by atoms with Gasteiger partial charge in [-0.25, -0.2) is 0 Å². The summed E-state index contributed by atoms with van der Waals surface area (Å²) in [5.74, 6) is 1.78. The highest BCUT2D eigenvalue weighted by Crippen LogP contribution is 2.25. The van der Waals surface area contributed by atoms with Gasteiger partial charge in [0.15, 0.2) is 0 Å². The smallest absolute Gasteiger partial charge is 0.0329 e. The van der Waals surface area contributed by atoms with E-state index in [1.165, 1.54) is 44.5 Å². The molecule has 0 saturated carbocycles. The van der Waals surface area contributed by atoms with E-state index in [1.807, 2.05) is 0 Å². The van der Waals surface area contributed by atoms with Crippen molar-refractivity contribution in [2.45, 2.75) is 39.2 Å². The molecule has 1 fully saturated rings. The van der Waals surface area contributed by atoms with Gasteiger partial charge in [0.25, 0.3) is 0 Å². The highest BCUT2D eigenvalue weighted by molar-refractivity contribution is 9.10. The largest absolute Gasteiger partial charge is 0.313 e. The lowest BCUT2D eigenvalue weighted by Crippen LogP contribution is -2.37. The highest BCUT2D eigenvalue weighted by atomic mass is 79.9. The van der Waals surface area contributed by atoms with Crippen molar-refractivity contribution in [2.75, 3.05) is 26.7 Å². The molecule has 1 aromatic rings. The zero-order valence-electron chi connectivity index (χ0n) is 13.6. The molecule has 0 radical (unpaired) electrons. The van der Waals surface area contributed by atoms with E-state index in [4.69, 9.17) is 0 Å². The lowest BCUT2D eigenvalue weighted by Gasteiger charge is -2.34. The summed E-state index contributed by atoms with van der Waals surface area (Å²) in [6.45, 7) is 8.49. The topological polar surface area (TPSA) is 15.3 Å². The third kappa shape index (κ3) is 5.08. The summed E-state index contributed by atoms with van der Waals surface area (Å²) in [5.41, 5.74) is 1.39. The van der Waals surface area contributed by atoms with Crippen molar-refractivity contribution < 1.29 is 0 Å². The van der Waals surface area contributed by atoms with E-state index in [0.29, 0.717) is 6.04 Å². The van der Waals surface area contributed by atoms with Crippen LogP contribution in [0.1, 0.15) is 44.7 Å². The van der Waals surface area contributed by atoms with E-state index in [1.54, 1.807) is 0 Å². The number of hydrogen-bond donors (Lipinski definition) is 1. The van der Waals surface area contributed by atoms with Crippen molar-refractivity contribution in [1.82, 2.24) is 10.2 Å². The average molecular weight is 353 g/mol. The van der Waals surface area contributed by atoms with Crippen molar-refractivity contribution in [3.05, 3.63) is 34.3 Å². The molecule has 1 unspecified atom stereocenters. The molecule has 1 saturated heterocycles. The molecule has 1 aliphatic heterocycles.